The molecule has 5 heteroatoms. The molecule has 2 aliphatic rings. The van der Waals surface area contributed by atoms with Gasteiger partial charge >= 0.3 is 0 Å². The van der Waals surface area contributed by atoms with Crippen LogP contribution in [0.3, 0.4) is 0 Å². The topological polar surface area (TPSA) is 64.7 Å². The van der Waals surface area contributed by atoms with Crippen LogP contribution >= 0.6 is 12.4 Å². The van der Waals surface area contributed by atoms with Gasteiger partial charge in [0.25, 0.3) is 0 Å². The van der Waals surface area contributed by atoms with E-state index in [2.05, 4.69) is 0 Å². The molecular weight excluding hydrogens is 290 g/mol. The second-order valence-electron chi connectivity index (χ2n) is 5.83. The molecule has 1 aromatic carbocycles. The molecule has 1 saturated carbocycles. The molecular formula is C16H24ClNO3. The maximum Gasteiger partial charge on any atom is 0.129 e. The van der Waals surface area contributed by atoms with Crippen molar-refractivity contribution < 1.29 is 14.6 Å². The van der Waals surface area contributed by atoms with Crippen molar-refractivity contribution >= 4 is 12.4 Å². The normalized spacial score (nSPS) is 26.4. The summed E-state index contributed by atoms with van der Waals surface area (Å²) in [6, 6.07) is 5.25. The van der Waals surface area contributed by atoms with Crippen molar-refractivity contribution in [3.8, 4) is 11.5 Å². The summed E-state index contributed by atoms with van der Waals surface area (Å²) in [4.78, 5) is 0. The van der Waals surface area contributed by atoms with E-state index < -0.39 is 11.7 Å². The zero-order valence-corrected chi connectivity index (χ0v) is 13.2. The zero-order valence-electron chi connectivity index (χ0n) is 12.4. The van der Waals surface area contributed by atoms with E-state index in [0.29, 0.717) is 6.61 Å². The van der Waals surface area contributed by atoms with E-state index in [0.717, 1.165) is 42.7 Å². The number of nitrogens with two attached hydrogens (primary N) is 1. The average Bonchev–Trinajstić information content (AvgIpc) is 2.46. The second kappa shape index (κ2) is 6.42. The predicted octanol–water partition coefficient (Wildman–Crippen LogP) is 2.96. The highest BCUT2D eigenvalue weighted by Crippen LogP contribution is 2.46. The third-order valence-electron chi connectivity index (χ3n) is 4.58. The largest absolute Gasteiger partial charge is 0.494 e. The first-order valence-corrected chi connectivity index (χ1v) is 7.56. The van der Waals surface area contributed by atoms with Crippen LogP contribution < -0.4 is 15.2 Å². The Labute approximate surface area is 132 Å². The van der Waals surface area contributed by atoms with Crippen molar-refractivity contribution in [1.29, 1.82) is 0 Å². The summed E-state index contributed by atoms with van der Waals surface area (Å²) >= 11 is 0. The fourth-order valence-electron chi connectivity index (χ4n) is 3.46. The van der Waals surface area contributed by atoms with Crippen molar-refractivity contribution in [3.05, 3.63) is 23.8 Å². The molecule has 2 atom stereocenters. The number of hydrogen-bond donors (Lipinski definition) is 2. The number of aliphatic hydroxyl groups excluding tert-OH is 1. The molecule has 1 aromatic rings. The number of ether oxygens (including phenoxy) is 2. The maximum absolute atomic E-state index is 10.5. The summed E-state index contributed by atoms with van der Waals surface area (Å²) < 4.78 is 11.8. The molecule has 0 bridgehead atoms. The van der Waals surface area contributed by atoms with Gasteiger partial charge in [-0.3, -0.25) is 0 Å². The van der Waals surface area contributed by atoms with Crippen molar-refractivity contribution in [2.45, 2.75) is 56.8 Å². The van der Waals surface area contributed by atoms with Crippen molar-refractivity contribution in [2.75, 3.05) is 6.61 Å². The lowest BCUT2D eigenvalue weighted by Gasteiger charge is -2.47. The summed E-state index contributed by atoms with van der Waals surface area (Å²) in [5.74, 6) is 1.51. The molecule has 1 fully saturated rings. The van der Waals surface area contributed by atoms with Gasteiger partial charge in [0.2, 0.25) is 0 Å². The van der Waals surface area contributed by atoms with Crippen molar-refractivity contribution in [3.63, 3.8) is 0 Å². The van der Waals surface area contributed by atoms with Crippen LogP contribution in [0.15, 0.2) is 18.2 Å². The molecule has 1 aliphatic heterocycles. The lowest BCUT2D eigenvalue weighted by molar-refractivity contribution is -0.0583. The van der Waals surface area contributed by atoms with E-state index in [9.17, 15) is 5.11 Å². The smallest absolute Gasteiger partial charge is 0.129 e. The monoisotopic (exact) mass is 313 g/mol. The minimum absolute atomic E-state index is 0. The minimum atomic E-state index is -0.660. The van der Waals surface area contributed by atoms with E-state index in [-0.39, 0.29) is 18.4 Å². The van der Waals surface area contributed by atoms with Gasteiger partial charge in [-0.05, 0) is 44.7 Å². The molecule has 1 aliphatic carbocycles. The molecule has 0 aromatic heterocycles. The van der Waals surface area contributed by atoms with Crippen LogP contribution in [0.2, 0.25) is 0 Å². The fourth-order valence-corrected chi connectivity index (χ4v) is 3.46. The van der Waals surface area contributed by atoms with Crippen LogP contribution in [0.5, 0.6) is 11.5 Å². The van der Waals surface area contributed by atoms with E-state index in [4.69, 9.17) is 15.2 Å². The molecule has 118 valence electrons. The standard InChI is InChI=1S/C16H23NO3.ClH/c1-2-19-11-6-7-12-13(10-11)20-16(15(17)14(12)18)8-4-3-5-9-16;/h6-7,10,14-15,18H,2-5,8-9,17H2,1H3;1H. The first-order chi connectivity index (χ1) is 9.66. The highest BCUT2D eigenvalue weighted by molar-refractivity contribution is 5.85. The van der Waals surface area contributed by atoms with Gasteiger partial charge in [-0.1, -0.05) is 6.42 Å². The van der Waals surface area contributed by atoms with Crippen LogP contribution in [-0.2, 0) is 0 Å². The van der Waals surface area contributed by atoms with Gasteiger partial charge in [-0.15, -0.1) is 12.4 Å². The van der Waals surface area contributed by atoms with Gasteiger partial charge in [0, 0.05) is 11.6 Å². The van der Waals surface area contributed by atoms with Crippen molar-refractivity contribution in [1.82, 2.24) is 0 Å². The first-order valence-electron chi connectivity index (χ1n) is 7.56. The van der Waals surface area contributed by atoms with Crippen LogP contribution in [-0.4, -0.2) is 23.4 Å². The molecule has 3 rings (SSSR count). The van der Waals surface area contributed by atoms with E-state index in [1.54, 1.807) is 0 Å². The Morgan fingerprint density at radius 3 is 2.71 bits per heavy atom. The summed E-state index contributed by atoms with van der Waals surface area (Å²) in [5, 5.41) is 10.5. The highest BCUT2D eigenvalue weighted by Gasteiger charge is 2.48. The summed E-state index contributed by atoms with van der Waals surface area (Å²) in [7, 11) is 0. The number of halogens is 1. The average molecular weight is 314 g/mol. The quantitative estimate of drug-likeness (QED) is 0.881. The third kappa shape index (κ3) is 2.85. The Kier molecular flexibility index (Phi) is 5.02. The highest BCUT2D eigenvalue weighted by atomic mass is 35.5. The van der Waals surface area contributed by atoms with Gasteiger partial charge in [-0.2, -0.15) is 0 Å². The number of aliphatic hydroxyl groups is 1. The lowest BCUT2D eigenvalue weighted by atomic mass is 9.74. The minimum Gasteiger partial charge on any atom is -0.494 e. The van der Waals surface area contributed by atoms with E-state index in [1.807, 2.05) is 25.1 Å². The molecule has 1 heterocycles. The SMILES string of the molecule is CCOc1ccc2c(c1)OC1(CCCCC1)C(N)C2O.Cl. The molecule has 2 unspecified atom stereocenters. The second-order valence-corrected chi connectivity index (χ2v) is 5.83. The Morgan fingerprint density at radius 1 is 1.33 bits per heavy atom. The van der Waals surface area contributed by atoms with Gasteiger partial charge in [-0.25, -0.2) is 0 Å². The molecule has 0 radical (unpaired) electrons. The molecule has 21 heavy (non-hydrogen) atoms. The van der Waals surface area contributed by atoms with Crippen LogP contribution in [0.1, 0.15) is 50.7 Å². The number of rotatable bonds is 2. The summed E-state index contributed by atoms with van der Waals surface area (Å²) in [6.07, 6.45) is 4.63. The maximum atomic E-state index is 10.5. The summed E-state index contributed by atoms with van der Waals surface area (Å²) in [6.45, 7) is 2.57. The molecule has 1 spiro atoms. The molecule has 0 saturated heterocycles. The Bertz CT molecular complexity index is 488. The van der Waals surface area contributed by atoms with E-state index >= 15 is 0 Å². The molecule has 4 nitrogen and oxygen atoms in total. The molecule has 3 N–H and O–H groups in total. The van der Waals surface area contributed by atoms with Gasteiger partial charge in [0.1, 0.15) is 23.2 Å². The van der Waals surface area contributed by atoms with Crippen LogP contribution in [0, 0.1) is 0 Å². The molecule has 0 amide bonds. The van der Waals surface area contributed by atoms with Gasteiger partial charge < -0.3 is 20.3 Å². The first kappa shape index (κ1) is 16.4. The fraction of sp³-hybridized carbons (Fsp3) is 0.625. The van der Waals surface area contributed by atoms with Crippen LogP contribution in [0.25, 0.3) is 0 Å². The zero-order chi connectivity index (χ0) is 14.2. The number of benzene rings is 1. The number of hydrogen-bond acceptors (Lipinski definition) is 4. The van der Waals surface area contributed by atoms with Gasteiger partial charge in [0.15, 0.2) is 0 Å². The third-order valence-corrected chi connectivity index (χ3v) is 4.58. The van der Waals surface area contributed by atoms with Crippen molar-refractivity contribution in [2.24, 2.45) is 5.73 Å². The number of fused-ring (bicyclic) bond motifs is 1. The van der Waals surface area contributed by atoms with Crippen LogP contribution in [0.4, 0.5) is 0 Å². The Hall–Kier alpha value is -0.970. The Balaban J connectivity index is 0.00000161. The van der Waals surface area contributed by atoms with Gasteiger partial charge in [0.05, 0.1) is 12.6 Å². The lowest BCUT2D eigenvalue weighted by Crippen LogP contribution is -2.58. The predicted molar refractivity (Wildman–Crippen MR) is 84.2 cm³/mol. The van der Waals surface area contributed by atoms with E-state index in [1.165, 1.54) is 6.42 Å². The Morgan fingerprint density at radius 2 is 2.05 bits per heavy atom. The summed E-state index contributed by atoms with van der Waals surface area (Å²) in [5.41, 5.74) is 6.66.